The van der Waals surface area contributed by atoms with Crippen LogP contribution in [0.2, 0.25) is 0 Å². The second kappa shape index (κ2) is 8.57. The molecule has 1 amide bonds. The zero-order chi connectivity index (χ0) is 20.2. The van der Waals surface area contributed by atoms with E-state index in [1.54, 1.807) is 18.2 Å². The predicted molar refractivity (Wildman–Crippen MR) is 113 cm³/mol. The summed E-state index contributed by atoms with van der Waals surface area (Å²) in [6.07, 6.45) is 0. The smallest absolute Gasteiger partial charge is 0.234 e. The third kappa shape index (κ3) is 4.22. The van der Waals surface area contributed by atoms with Gasteiger partial charge in [-0.3, -0.25) is 4.79 Å². The standard InChI is InChI=1S/C21H22N4O3S/c1-3-25-20(16-7-5-4-6-14(16)2)23-24-21(25)29-13-19(26)22-15-8-9-17-18(12-15)28-11-10-27-17/h4-9,12H,3,10-11,13H2,1-2H3,(H,22,26). The van der Waals surface area contributed by atoms with E-state index in [2.05, 4.69) is 28.5 Å². The van der Waals surface area contributed by atoms with Crippen molar-refractivity contribution in [3.8, 4) is 22.9 Å². The van der Waals surface area contributed by atoms with Gasteiger partial charge < -0.3 is 19.4 Å². The summed E-state index contributed by atoms with van der Waals surface area (Å²) >= 11 is 1.37. The molecule has 1 aliphatic heterocycles. The minimum absolute atomic E-state index is 0.116. The van der Waals surface area contributed by atoms with Crippen molar-refractivity contribution < 1.29 is 14.3 Å². The molecule has 2 heterocycles. The van der Waals surface area contributed by atoms with E-state index in [0.29, 0.717) is 30.4 Å². The van der Waals surface area contributed by atoms with Crippen LogP contribution in [0, 0.1) is 6.92 Å². The van der Waals surface area contributed by atoms with E-state index < -0.39 is 0 Å². The number of fused-ring (bicyclic) bond motifs is 1. The number of amides is 1. The number of anilines is 1. The number of thioether (sulfide) groups is 1. The number of ether oxygens (including phenoxy) is 2. The highest BCUT2D eigenvalue weighted by molar-refractivity contribution is 7.99. The van der Waals surface area contributed by atoms with Crippen LogP contribution in [0.4, 0.5) is 5.69 Å². The first kappa shape index (κ1) is 19.3. The molecule has 0 saturated heterocycles. The number of carbonyl (C=O) groups is 1. The average molecular weight is 410 g/mol. The first-order chi connectivity index (χ1) is 14.2. The molecule has 0 atom stereocenters. The summed E-state index contributed by atoms with van der Waals surface area (Å²) in [7, 11) is 0. The van der Waals surface area contributed by atoms with Crippen molar-refractivity contribution >= 4 is 23.4 Å². The Bertz CT molecular complexity index is 1030. The van der Waals surface area contributed by atoms with Crippen LogP contribution in [0.1, 0.15) is 12.5 Å². The van der Waals surface area contributed by atoms with Gasteiger partial charge in [-0.2, -0.15) is 0 Å². The number of nitrogens with one attached hydrogen (secondary N) is 1. The highest BCUT2D eigenvalue weighted by Crippen LogP contribution is 2.32. The van der Waals surface area contributed by atoms with Crippen LogP contribution in [0.5, 0.6) is 11.5 Å². The lowest BCUT2D eigenvalue weighted by molar-refractivity contribution is -0.113. The summed E-state index contributed by atoms with van der Waals surface area (Å²) in [5, 5.41) is 12.3. The van der Waals surface area contributed by atoms with Gasteiger partial charge in [0, 0.05) is 23.9 Å². The molecule has 1 aromatic heterocycles. The molecular weight excluding hydrogens is 388 g/mol. The van der Waals surface area contributed by atoms with Gasteiger partial charge in [-0.1, -0.05) is 36.0 Å². The van der Waals surface area contributed by atoms with Crippen LogP contribution in [0.3, 0.4) is 0 Å². The Morgan fingerprint density at radius 2 is 1.93 bits per heavy atom. The third-order valence-corrected chi connectivity index (χ3v) is 5.54. The van der Waals surface area contributed by atoms with Crippen molar-refractivity contribution in [2.75, 3.05) is 24.3 Å². The van der Waals surface area contributed by atoms with Crippen molar-refractivity contribution in [2.45, 2.75) is 25.5 Å². The van der Waals surface area contributed by atoms with Crippen LogP contribution in [0.25, 0.3) is 11.4 Å². The minimum atomic E-state index is -0.116. The molecule has 1 aliphatic rings. The molecule has 29 heavy (non-hydrogen) atoms. The number of rotatable bonds is 6. The molecule has 150 valence electrons. The Balaban J connectivity index is 1.43. The molecule has 0 bridgehead atoms. The van der Waals surface area contributed by atoms with Crippen LogP contribution in [-0.4, -0.2) is 39.6 Å². The fraction of sp³-hybridized carbons (Fsp3) is 0.286. The molecule has 0 unspecified atom stereocenters. The number of hydrogen-bond donors (Lipinski definition) is 1. The lowest BCUT2D eigenvalue weighted by Gasteiger charge is -2.19. The number of carbonyl (C=O) groups excluding carboxylic acids is 1. The summed E-state index contributed by atoms with van der Waals surface area (Å²) in [5.41, 5.74) is 2.87. The summed E-state index contributed by atoms with van der Waals surface area (Å²) in [5.74, 6) is 2.29. The maximum atomic E-state index is 12.4. The first-order valence-corrected chi connectivity index (χ1v) is 10.5. The van der Waals surface area contributed by atoms with E-state index in [-0.39, 0.29) is 11.7 Å². The van der Waals surface area contributed by atoms with Gasteiger partial charge in [0.15, 0.2) is 22.5 Å². The summed E-state index contributed by atoms with van der Waals surface area (Å²) in [6.45, 7) is 5.87. The zero-order valence-corrected chi connectivity index (χ0v) is 17.2. The number of benzene rings is 2. The van der Waals surface area contributed by atoms with Crippen LogP contribution >= 0.6 is 11.8 Å². The first-order valence-electron chi connectivity index (χ1n) is 9.47. The number of hydrogen-bond acceptors (Lipinski definition) is 6. The van der Waals surface area contributed by atoms with Gasteiger partial charge in [0.05, 0.1) is 5.75 Å². The molecule has 1 N–H and O–H groups in total. The monoisotopic (exact) mass is 410 g/mol. The van der Waals surface area contributed by atoms with Crippen molar-refractivity contribution in [2.24, 2.45) is 0 Å². The second-order valence-electron chi connectivity index (χ2n) is 6.56. The predicted octanol–water partition coefficient (Wildman–Crippen LogP) is 3.78. The maximum absolute atomic E-state index is 12.4. The van der Waals surface area contributed by atoms with E-state index in [4.69, 9.17) is 9.47 Å². The summed E-state index contributed by atoms with van der Waals surface area (Å²) in [6, 6.07) is 13.5. The Labute approximate surface area is 173 Å². The quantitative estimate of drug-likeness (QED) is 0.623. The van der Waals surface area contributed by atoms with Gasteiger partial charge in [-0.15, -0.1) is 10.2 Å². The highest BCUT2D eigenvalue weighted by Gasteiger charge is 2.17. The molecule has 3 aromatic rings. The summed E-state index contributed by atoms with van der Waals surface area (Å²) < 4.78 is 13.1. The average Bonchev–Trinajstić information content (AvgIpc) is 3.15. The fourth-order valence-corrected chi connectivity index (χ4v) is 3.95. The van der Waals surface area contributed by atoms with Crippen molar-refractivity contribution in [3.05, 3.63) is 48.0 Å². The maximum Gasteiger partial charge on any atom is 0.234 e. The third-order valence-electron chi connectivity index (χ3n) is 4.58. The largest absolute Gasteiger partial charge is 0.486 e. The van der Waals surface area contributed by atoms with E-state index in [0.717, 1.165) is 28.7 Å². The lowest BCUT2D eigenvalue weighted by Crippen LogP contribution is -2.17. The van der Waals surface area contributed by atoms with Crippen molar-refractivity contribution in [1.29, 1.82) is 0 Å². The van der Waals surface area contributed by atoms with Gasteiger partial charge in [-0.25, -0.2) is 0 Å². The molecule has 0 saturated carbocycles. The molecule has 8 heteroatoms. The molecule has 0 aliphatic carbocycles. The van der Waals surface area contributed by atoms with Gasteiger partial charge in [0.25, 0.3) is 0 Å². The van der Waals surface area contributed by atoms with E-state index >= 15 is 0 Å². The van der Waals surface area contributed by atoms with Gasteiger partial charge in [0.1, 0.15) is 13.2 Å². The Morgan fingerprint density at radius 3 is 2.72 bits per heavy atom. The minimum Gasteiger partial charge on any atom is -0.486 e. The van der Waals surface area contributed by atoms with Crippen LogP contribution in [0.15, 0.2) is 47.6 Å². The van der Waals surface area contributed by atoms with Gasteiger partial charge >= 0.3 is 0 Å². The molecule has 0 fully saturated rings. The van der Waals surface area contributed by atoms with Crippen molar-refractivity contribution in [1.82, 2.24) is 14.8 Å². The zero-order valence-electron chi connectivity index (χ0n) is 16.3. The highest BCUT2D eigenvalue weighted by atomic mass is 32.2. The summed E-state index contributed by atoms with van der Waals surface area (Å²) in [4.78, 5) is 12.4. The number of aromatic nitrogens is 3. The van der Waals surface area contributed by atoms with E-state index in [9.17, 15) is 4.79 Å². The molecule has 0 spiro atoms. The van der Waals surface area contributed by atoms with Crippen LogP contribution in [-0.2, 0) is 11.3 Å². The van der Waals surface area contributed by atoms with Crippen molar-refractivity contribution in [3.63, 3.8) is 0 Å². The van der Waals surface area contributed by atoms with Crippen LogP contribution < -0.4 is 14.8 Å². The fourth-order valence-electron chi connectivity index (χ4n) is 3.15. The topological polar surface area (TPSA) is 78.3 Å². The Morgan fingerprint density at radius 1 is 1.14 bits per heavy atom. The molecule has 0 radical (unpaired) electrons. The number of aryl methyl sites for hydroxylation is 1. The second-order valence-corrected chi connectivity index (χ2v) is 7.50. The van der Waals surface area contributed by atoms with Gasteiger partial charge in [-0.05, 0) is 31.5 Å². The molecule has 7 nitrogen and oxygen atoms in total. The molecule has 4 rings (SSSR count). The SMILES string of the molecule is CCn1c(SCC(=O)Nc2ccc3c(c2)OCCO3)nnc1-c1ccccc1C. The Kier molecular flexibility index (Phi) is 5.71. The number of nitrogens with zero attached hydrogens (tertiary/aromatic N) is 3. The Hall–Kier alpha value is -3.00. The molecular formula is C21H22N4O3S. The lowest BCUT2D eigenvalue weighted by atomic mass is 10.1. The van der Waals surface area contributed by atoms with Gasteiger partial charge in [0.2, 0.25) is 5.91 Å². The normalized spacial score (nSPS) is 12.6. The van der Waals surface area contributed by atoms with E-state index in [1.807, 2.05) is 29.7 Å². The molecule has 2 aromatic carbocycles. The van der Waals surface area contributed by atoms with E-state index in [1.165, 1.54) is 11.8 Å².